The van der Waals surface area contributed by atoms with Gasteiger partial charge in [-0.1, -0.05) is 23.2 Å². The molecule has 1 N–H and O–H groups in total. The van der Waals surface area contributed by atoms with Crippen LogP contribution in [0, 0.1) is 6.92 Å². The molecule has 2 heterocycles. The highest BCUT2D eigenvalue weighted by Crippen LogP contribution is 2.35. The molecule has 2 unspecified atom stereocenters. The van der Waals surface area contributed by atoms with Gasteiger partial charge in [-0.25, -0.2) is 0 Å². The van der Waals surface area contributed by atoms with Crippen LogP contribution >= 0.6 is 34.5 Å². The largest absolute Gasteiger partial charge is 0.465 e. The SMILES string of the molecule is Cc1ccc(C(C)NC(C)c2cc(Cl)sc2Cl)o1. The summed E-state index contributed by atoms with van der Waals surface area (Å²) in [5.41, 5.74) is 1.03. The third kappa shape index (κ3) is 3.09. The van der Waals surface area contributed by atoms with E-state index in [0.717, 1.165) is 21.4 Å². The minimum atomic E-state index is 0.127. The van der Waals surface area contributed by atoms with E-state index in [2.05, 4.69) is 19.2 Å². The lowest BCUT2D eigenvalue weighted by atomic mass is 10.1. The first-order valence-corrected chi connectivity index (χ1v) is 7.31. The third-order valence-corrected chi connectivity index (χ3v) is 4.36. The summed E-state index contributed by atoms with van der Waals surface area (Å²) >= 11 is 13.5. The van der Waals surface area contributed by atoms with E-state index < -0.39 is 0 Å². The van der Waals surface area contributed by atoms with Crippen LogP contribution in [-0.4, -0.2) is 0 Å². The zero-order chi connectivity index (χ0) is 13.3. The maximum Gasteiger partial charge on any atom is 0.120 e. The van der Waals surface area contributed by atoms with Gasteiger partial charge in [0.25, 0.3) is 0 Å². The molecular formula is C13H15Cl2NOS. The molecule has 0 radical (unpaired) electrons. The Morgan fingerprint density at radius 1 is 1.22 bits per heavy atom. The van der Waals surface area contributed by atoms with E-state index in [1.807, 2.05) is 25.1 Å². The molecule has 5 heteroatoms. The summed E-state index contributed by atoms with van der Waals surface area (Å²) in [5.74, 6) is 1.85. The quantitative estimate of drug-likeness (QED) is 0.821. The highest BCUT2D eigenvalue weighted by atomic mass is 35.5. The fourth-order valence-corrected chi connectivity index (χ4v) is 3.53. The summed E-state index contributed by atoms with van der Waals surface area (Å²) in [7, 11) is 0. The second-order valence-electron chi connectivity index (χ2n) is 4.34. The van der Waals surface area contributed by atoms with Crippen molar-refractivity contribution in [1.82, 2.24) is 5.32 Å². The van der Waals surface area contributed by atoms with E-state index >= 15 is 0 Å². The lowest BCUT2D eigenvalue weighted by Gasteiger charge is -2.18. The Balaban J connectivity index is 2.07. The highest BCUT2D eigenvalue weighted by molar-refractivity contribution is 7.20. The molecule has 2 aromatic heterocycles. The monoisotopic (exact) mass is 303 g/mol. The van der Waals surface area contributed by atoms with E-state index in [4.69, 9.17) is 27.6 Å². The van der Waals surface area contributed by atoms with Gasteiger partial charge in [-0.2, -0.15) is 0 Å². The van der Waals surface area contributed by atoms with Crippen LogP contribution in [0.4, 0.5) is 0 Å². The zero-order valence-corrected chi connectivity index (χ0v) is 12.8. The van der Waals surface area contributed by atoms with Gasteiger partial charge < -0.3 is 9.73 Å². The maximum absolute atomic E-state index is 6.14. The van der Waals surface area contributed by atoms with Crippen LogP contribution in [0.2, 0.25) is 8.67 Å². The van der Waals surface area contributed by atoms with Crippen molar-refractivity contribution in [2.45, 2.75) is 32.9 Å². The van der Waals surface area contributed by atoms with Gasteiger partial charge in [-0.3, -0.25) is 0 Å². The van der Waals surface area contributed by atoms with Crippen molar-refractivity contribution in [3.63, 3.8) is 0 Å². The van der Waals surface area contributed by atoms with Crippen LogP contribution < -0.4 is 5.32 Å². The molecule has 0 aliphatic rings. The first-order valence-electron chi connectivity index (χ1n) is 5.74. The predicted molar refractivity (Wildman–Crippen MR) is 77.7 cm³/mol. The molecule has 0 aromatic carbocycles. The summed E-state index contributed by atoms with van der Waals surface area (Å²) in [6.45, 7) is 6.07. The summed E-state index contributed by atoms with van der Waals surface area (Å²) in [6, 6.07) is 6.12. The minimum absolute atomic E-state index is 0.127. The Morgan fingerprint density at radius 3 is 2.44 bits per heavy atom. The molecule has 2 rings (SSSR count). The van der Waals surface area contributed by atoms with Crippen LogP contribution in [0.5, 0.6) is 0 Å². The molecule has 18 heavy (non-hydrogen) atoms. The topological polar surface area (TPSA) is 25.2 Å². The van der Waals surface area contributed by atoms with Gasteiger partial charge in [0, 0.05) is 6.04 Å². The van der Waals surface area contributed by atoms with Crippen molar-refractivity contribution in [2.24, 2.45) is 0 Å². The van der Waals surface area contributed by atoms with Crippen LogP contribution in [0.1, 0.15) is 43.0 Å². The molecule has 2 nitrogen and oxygen atoms in total. The van der Waals surface area contributed by atoms with Gasteiger partial charge in [0.2, 0.25) is 0 Å². The van der Waals surface area contributed by atoms with E-state index in [0.29, 0.717) is 4.34 Å². The van der Waals surface area contributed by atoms with E-state index in [-0.39, 0.29) is 12.1 Å². The molecule has 0 fully saturated rings. The van der Waals surface area contributed by atoms with Gasteiger partial charge in [0.15, 0.2) is 0 Å². The average molecular weight is 304 g/mol. The summed E-state index contributed by atoms with van der Waals surface area (Å²) in [5, 5.41) is 3.45. The van der Waals surface area contributed by atoms with Gasteiger partial charge in [0.1, 0.15) is 11.5 Å². The van der Waals surface area contributed by atoms with Crippen molar-refractivity contribution in [3.05, 3.63) is 44.0 Å². The molecule has 0 bridgehead atoms. The van der Waals surface area contributed by atoms with Crippen molar-refractivity contribution in [3.8, 4) is 0 Å². The number of furan rings is 1. The smallest absolute Gasteiger partial charge is 0.120 e. The normalized spacial score (nSPS) is 14.7. The fourth-order valence-electron chi connectivity index (χ4n) is 1.88. The summed E-state index contributed by atoms with van der Waals surface area (Å²) in [6.07, 6.45) is 0. The number of hydrogen-bond acceptors (Lipinski definition) is 3. The van der Waals surface area contributed by atoms with E-state index in [9.17, 15) is 0 Å². The molecule has 0 amide bonds. The molecule has 0 spiro atoms. The fraction of sp³-hybridized carbons (Fsp3) is 0.385. The lowest BCUT2D eigenvalue weighted by molar-refractivity contribution is 0.393. The summed E-state index contributed by atoms with van der Waals surface area (Å²) < 4.78 is 7.05. The Morgan fingerprint density at radius 2 is 1.94 bits per heavy atom. The Labute approximate surface area is 121 Å². The molecular weight excluding hydrogens is 289 g/mol. The van der Waals surface area contributed by atoms with Gasteiger partial charge in [-0.15, -0.1) is 11.3 Å². The molecule has 2 aromatic rings. The molecule has 2 atom stereocenters. The number of halogens is 2. The van der Waals surface area contributed by atoms with Gasteiger partial charge >= 0.3 is 0 Å². The van der Waals surface area contributed by atoms with E-state index in [1.54, 1.807) is 0 Å². The van der Waals surface area contributed by atoms with Crippen LogP contribution in [0.15, 0.2) is 22.6 Å². The van der Waals surface area contributed by atoms with Crippen LogP contribution in [0.3, 0.4) is 0 Å². The van der Waals surface area contributed by atoms with Gasteiger partial charge in [0.05, 0.1) is 14.7 Å². The second kappa shape index (κ2) is 5.66. The van der Waals surface area contributed by atoms with Crippen molar-refractivity contribution >= 4 is 34.5 Å². The molecule has 0 saturated carbocycles. The minimum Gasteiger partial charge on any atom is -0.465 e. The number of thiophene rings is 1. The third-order valence-electron chi connectivity index (χ3n) is 2.84. The van der Waals surface area contributed by atoms with Crippen LogP contribution in [-0.2, 0) is 0 Å². The lowest BCUT2D eigenvalue weighted by Crippen LogP contribution is -2.21. The van der Waals surface area contributed by atoms with Crippen molar-refractivity contribution < 1.29 is 4.42 Å². The van der Waals surface area contributed by atoms with Crippen molar-refractivity contribution in [2.75, 3.05) is 0 Å². The molecule has 0 saturated heterocycles. The van der Waals surface area contributed by atoms with E-state index in [1.165, 1.54) is 11.3 Å². The first kappa shape index (κ1) is 13.9. The standard InChI is InChI=1S/C13H15Cl2NOS/c1-7-4-5-11(17-7)9(3)16-8(2)10-6-12(14)18-13(10)15/h4-6,8-9,16H,1-3H3. The number of nitrogens with one attached hydrogen (secondary N) is 1. The van der Waals surface area contributed by atoms with Crippen LogP contribution in [0.25, 0.3) is 0 Å². The molecule has 0 aliphatic carbocycles. The average Bonchev–Trinajstić information content (AvgIpc) is 2.84. The zero-order valence-electron chi connectivity index (χ0n) is 10.5. The first-order chi connectivity index (χ1) is 8.47. The maximum atomic E-state index is 6.14. The number of aryl methyl sites for hydroxylation is 1. The predicted octanol–water partition coefficient (Wildman–Crippen LogP) is 5.37. The second-order valence-corrected chi connectivity index (χ2v) is 6.62. The van der Waals surface area contributed by atoms with Gasteiger partial charge in [-0.05, 0) is 44.5 Å². The number of hydrogen-bond donors (Lipinski definition) is 1. The number of rotatable bonds is 4. The molecule has 98 valence electrons. The Kier molecular flexibility index (Phi) is 4.38. The summed E-state index contributed by atoms with van der Waals surface area (Å²) in [4.78, 5) is 0. The Hall–Kier alpha value is -0.480. The highest BCUT2D eigenvalue weighted by Gasteiger charge is 2.17. The molecule has 0 aliphatic heterocycles. The van der Waals surface area contributed by atoms with Crippen molar-refractivity contribution in [1.29, 1.82) is 0 Å². The Bertz CT molecular complexity index is 535.